The highest BCUT2D eigenvalue weighted by Gasteiger charge is 2.17. The number of aryl methyl sites for hydroxylation is 1. The van der Waals surface area contributed by atoms with E-state index in [1.807, 2.05) is 13.0 Å². The first-order chi connectivity index (χ1) is 7.72. The van der Waals surface area contributed by atoms with Gasteiger partial charge >= 0.3 is 0 Å². The summed E-state index contributed by atoms with van der Waals surface area (Å²) in [5.41, 5.74) is 0.862. The fourth-order valence-electron chi connectivity index (χ4n) is 1.97. The summed E-state index contributed by atoms with van der Waals surface area (Å²) in [7, 11) is 0. The van der Waals surface area contributed by atoms with Gasteiger partial charge < -0.3 is 9.30 Å². The van der Waals surface area contributed by atoms with E-state index in [-0.39, 0.29) is 17.2 Å². The lowest BCUT2D eigenvalue weighted by atomic mass is 10.2. The molecule has 16 heavy (non-hydrogen) atoms. The van der Waals surface area contributed by atoms with Crippen molar-refractivity contribution >= 4 is 0 Å². The van der Waals surface area contributed by atoms with Crippen LogP contribution in [0.3, 0.4) is 0 Å². The van der Waals surface area contributed by atoms with Gasteiger partial charge in [0.1, 0.15) is 11.6 Å². The van der Waals surface area contributed by atoms with Crippen LogP contribution in [0.15, 0.2) is 16.9 Å². The van der Waals surface area contributed by atoms with E-state index in [2.05, 4.69) is 0 Å². The molecule has 2 heterocycles. The third kappa shape index (κ3) is 2.00. The van der Waals surface area contributed by atoms with E-state index < -0.39 is 0 Å². The molecule has 1 aromatic heterocycles. The van der Waals surface area contributed by atoms with Crippen molar-refractivity contribution in [3.05, 3.63) is 33.7 Å². The van der Waals surface area contributed by atoms with Crippen molar-refractivity contribution in [1.29, 1.82) is 5.26 Å². The maximum Gasteiger partial charge on any atom is 0.268 e. The second-order valence-corrected chi connectivity index (χ2v) is 4.05. The van der Waals surface area contributed by atoms with Crippen LogP contribution >= 0.6 is 0 Å². The first-order valence-electron chi connectivity index (χ1n) is 5.44. The zero-order valence-electron chi connectivity index (χ0n) is 9.27. The first kappa shape index (κ1) is 10.9. The molecule has 2 rings (SSSR count). The molecule has 1 aliphatic heterocycles. The van der Waals surface area contributed by atoms with Gasteiger partial charge in [0.05, 0.1) is 12.6 Å². The van der Waals surface area contributed by atoms with E-state index >= 15 is 0 Å². The minimum atomic E-state index is -0.210. The van der Waals surface area contributed by atoms with Crippen LogP contribution in [0.1, 0.15) is 24.1 Å². The Hall–Kier alpha value is -1.60. The molecule has 84 valence electrons. The van der Waals surface area contributed by atoms with Gasteiger partial charge in [-0.2, -0.15) is 5.26 Å². The van der Waals surface area contributed by atoms with Crippen molar-refractivity contribution in [3.8, 4) is 6.07 Å². The highest BCUT2D eigenvalue weighted by molar-refractivity contribution is 5.27. The molecule has 0 aliphatic carbocycles. The predicted octanol–water partition coefficient (Wildman–Crippen LogP) is 1.21. The van der Waals surface area contributed by atoms with Crippen LogP contribution in [0, 0.1) is 18.3 Å². The van der Waals surface area contributed by atoms with Gasteiger partial charge in [-0.15, -0.1) is 0 Å². The number of nitrogens with zero attached hydrogens (tertiary/aromatic N) is 2. The molecule has 0 N–H and O–H groups in total. The van der Waals surface area contributed by atoms with Crippen LogP contribution in [0.4, 0.5) is 0 Å². The summed E-state index contributed by atoms with van der Waals surface area (Å²) < 4.78 is 7.13. The van der Waals surface area contributed by atoms with Crippen LogP contribution in [-0.4, -0.2) is 17.3 Å². The van der Waals surface area contributed by atoms with Crippen molar-refractivity contribution < 1.29 is 4.74 Å². The zero-order valence-corrected chi connectivity index (χ0v) is 9.27. The molecular weight excluding hydrogens is 204 g/mol. The Morgan fingerprint density at radius 2 is 2.44 bits per heavy atom. The van der Waals surface area contributed by atoms with Crippen molar-refractivity contribution in [1.82, 2.24) is 4.57 Å². The summed E-state index contributed by atoms with van der Waals surface area (Å²) in [6.45, 7) is 3.20. The van der Waals surface area contributed by atoms with Crippen LogP contribution in [0.5, 0.6) is 0 Å². The molecule has 4 heteroatoms. The molecule has 1 fully saturated rings. The number of pyridine rings is 1. The van der Waals surface area contributed by atoms with E-state index in [0.717, 1.165) is 25.1 Å². The molecule has 4 nitrogen and oxygen atoms in total. The summed E-state index contributed by atoms with van der Waals surface area (Å²) in [6, 6.07) is 5.29. The normalized spacial score (nSPS) is 19.6. The number of rotatable bonds is 2. The van der Waals surface area contributed by atoms with E-state index in [0.29, 0.717) is 6.54 Å². The van der Waals surface area contributed by atoms with Gasteiger partial charge in [0.2, 0.25) is 0 Å². The summed E-state index contributed by atoms with van der Waals surface area (Å²) in [6.07, 6.45) is 2.16. The Bertz CT molecular complexity index is 479. The second kappa shape index (κ2) is 4.50. The van der Waals surface area contributed by atoms with Crippen molar-refractivity contribution in [2.24, 2.45) is 0 Å². The van der Waals surface area contributed by atoms with Gasteiger partial charge in [-0.3, -0.25) is 4.79 Å². The molecule has 0 aromatic carbocycles. The fourth-order valence-corrected chi connectivity index (χ4v) is 1.97. The molecule has 1 saturated heterocycles. The maximum absolute atomic E-state index is 11.9. The average Bonchev–Trinajstić information content (AvgIpc) is 2.77. The minimum Gasteiger partial charge on any atom is -0.376 e. The molecule has 1 aliphatic rings. The first-order valence-corrected chi connectivity index (χ1v) is 5.44. The molecule has 0 spiro atoms. The average molecular weight is 218 g/mol. The third-order valence-electron chi connectivity index (χ3n) is 2.92. The Balaban J connectivity index is 2.32. The molecule has 0 radical (unpaired) electrons. The molecule has 0 saturated carbocycles. The van der Waals surface area contributed by atoms with E-state index in [4.69, 9.17) is 10.00 Å². The van der Waals surface area contributed by atoms with Gasteiger partial charge in [0.25, 0.3) is 5.56 Å². The quantitative estimate of drug-likeness (QED) is 0.749. The molecule has 1 atom stereocenters. The van der Waals surface area contributed by atoms with Crippen molar-refractivity contribution in [2.45, 2.75) is 32.4 Å². The monoisotopic (exact) mass is 218 g/mol. The lowest BCUT2D eigenvalue weighted by Gasteiger charge is -2.14. The lowest BCUT2D eigenvalue weighted by molar-refractivity contribution is 0.0956. The molecule has 0 amide bonds. The van der Waals surface area contributed by atoms with Gasteiger partial charge in [0.15, 0.2) is 0 Å². The summed E-state index contributed by atoms with van der Waals surface area (Å²) >= 11 is 0. The predicted molar refractivity (Wildman–Crippen MR) is 59.1 cm³/mol. The maximum atomic E-state index is 11.9. The van der Waals surface area contributed by atoms with Crippen LogP contribution < -0.4 is 5.56 Å². The molecular formula is C12H14N2O2. The highest BCUT2D eigenvalue weighted by Crippen LogP contribution is 2.14. The molecule has 1 aromatic rings. The lowest BCUT2D eigenvalue weighted by Crippen LogP contribution is -2.29. The summed E-state index contributed by atoms with van der Waals surface area (Å²) in [5, 5.41) is 8.80. The fraction of sp³-hybridized carbons (Fsp3) is 0.500. The largest absolute Gasteiger partial charge is 0.376 e. The molecule has 1 unspecified atom stereocenters. The van der Waals surface area contributed by atoms with Crippen molar-refractivity contribution in [2.75, 3.05) is 6.61 Å². The molecule has 0 bridgehead atoms. The van der Waals surface area contributed by atoms with E-state index in [1.54, 1.807) is 16.7 Å². The van der Waals surface area contributed by atoms with Gasteiger partial charge in [0, 0.05) is 12.3 Å². The van der Waals surface area contributed by atoms with Crippen LogP contribution in [-0.2, 0) is 11.3 Å². The SMILES string of the molecule is Cc1ccc(C#N)c(=O)n1CC1CCCO1. The Morgan fingerprint density at radius 1 is 1.62 bits per heavy atom. The Kier molecular flexibility index (Phi) is 3.07. The Labute approximate surface area is 94.1 Å². The number of hydrogen-bond donors (Lipinski definition) is 0. The van der Waals surface area contributed by atoms with E-state index in [9.17, 15) is 4.79 Å². The standard InChI is InChI=1S/C12H14N2O2/c1-9-4-5-10(7-13)12(15)14(9)8-11-3-2-6-16-11/h4-5,11H,2-3,6,8H2,1H3. The summed E-state index contributed by atoms with van der Waals surface area (Å²) in [4.78, 5) is 11.9. The van der Waals surface area contributed by atoms with E-state index in [1.165, 1.54) is 0 Å². The van der Waals surface area contributed by atoms with Gasteiger partial charge in [-0.1, -0.05) is 0 Å². The Morgan fingerprint density at radius 3 is 3.06 bits per heavy atom. The highest BCUT2D eigenvalue weighted by atomic mass is 16.5. The number of ether oxygens (including phenoxy) is 1. The van der Waals surface area contributed by atoms with Crippen molar-refractivity contribution in [3.63, 3.8) is 0 Å². The topological polar surface area (TPSA) is 55.0 Å². The number of nitriles is 1. The smallest absolute Gasteiger partial charge is 0.268 e. The van der Waals surface area contributed by atoms with Crippen LogP contribution in [0.2, 0.25) is 0 Å². The van der Waals surface area contributed by atoms with Crippen LogP contribution in [0.25, 0.3) is 0 Å². The van der Waals surface area contributed by atoms with Gasteiger partial charge in [-0.25, -0.2) is 0 Å². The summed E-state index contributed by atoms with van der Waals surface area (Å²) in [5.74, 6) is 0. The van der Waals surface area contributed by atoms with Gasteiger partial charge in [-0.05, 0) is 31.9 Å². The second-order valence-electron chi connectivity index (χ2n) is 4.05. The third-order valence-corrected chi connectivity index (χ3v) is 2.92. The minimum absolute atomic E-state index is 0.116. The number of hydrogen-bond acceptors (Lipinski definition) is 3. The number of aromatic nitrogens is 1. The zero-order chi connectivity index (χ0) is 11.5.